The van der Waals surface area contributed by atoms with Crippen LogP contribution in [0.5, 0.6) is 0 Å². The SMILES string of the molecule is CC(C)(C)c1ccc(-c2noc(CC3CCNCC3)n2)cc1. The highest BCUT2D eigenvalue weighted by Gasteiger charge is 2.18. The molecule has 2 heterocycles. The van der Waals surface area contributed by atoms with Crippen molar-refractivity contribution in [2.24, 2.45) is 5.92 Å². The molecule has 1 aromatic heterocycles. The Morgan fingerprint density at radius 3 is 2.45 bits per heavy atom. The summed E-state index contributed by atoms with van der Waals surface area (Å²) in [5, 5.41) is 7.52. The van der Waals surface area contributed by atoms with Gasteiger partial charge in [-0.3, -0.25) is 0 Å². The molecule has 4 heteroatoms. The molecule has 1 aliphatic heterocycles. The van der Waals surface area contributed by atoms with E-state index in [1.54, 1.807) is 0 Å². The molecule has 1 fully saturated rings. The summed E-state index contributed by atoms with van der Waals surface area (Å²) in [6.07, 6.45) is 3.28. The van der Waals surface area contributed by atoms with Crippen LogP contribution >= 0.6 is 0 Å². The number of hydrogen-bond acceptors (Lipinski definition) is 4. The first kappa shape index (κ1) is 15.2. The largest absolute Gasteiger partial charge is 0.339 e. The van der Waals surface area contributed by atoms with Crippen LogP contribution in [0.15, 0.2) is 28.8 Å². The first-order chi connectivity index (χ1) is 10.5. The summed E-state index contributed by atoms with van der Waals surface area (Å²) >= 11 is 0. The van der Waals surface area contributed by atoms with Crippen LogP contribution in [0.3, 0.4) is 0 Å². The van der Waals surface area contributed by atoms with Gasteiger partial charge in [-0.05, 0) is 42.8 Å². The molecular formula is C18H25N3O. The van der Waals surface area contributed by atoms with Crippen molar-refractivity contribution in [2.75, 3.05) is 13.1 Å². The number of piperidine rings is 1. The van der Waals surface area contributed by atoms with Crippen LogP contribution in [-0.2, 0) is 11.8 Å². The molecule has 1 aliphatic rings. The second-order valence-corrected chi connectivity index (χ2v) is 7.24. The van der Waals surface area contributed by atoms with Gasteiger partial charge in [0.15, 0.2) is 0 Å². The topological polar surface area (TPSA) is 51.0 Å². The Hall–Kier alpha value is -1.68. The van der Waals surface area contributed by atoms with Gasteiger partial charge in [0.25, 0.3) is 0 Å². The summed E-state index contributed by atoms with van der Waals surface area (Å²) in [4.78, 5) is 4.57. The van der Waals surface area contributed by atoms with E-state index in [4.69, 9.17) is 4.52 Å². The van der Waals surface area contributed by atoms with E-state index in [-0.39, 0.29) is 5.41 Å². The third kappa shape index (κ3) is 3.55. The lowest BCUT2D eigenvalue weighted by Crippen LogP contribution is -2.28. The lowest BCUT2D eigenvalue weighted by atomic mass is 9.87. The van der Waals surface area contributed by atoms with Crippen molar-refractivity contribution < 1.29 is 4.52 Å². The van der Waals surface area contributed by atoms with Gasteiger partial charge >= 0.3 is 0 Å². The van der Waals surface area contributed by atoms with Crippen LogP contribution in [0, 0.1) is 5.92 Å². The molecule has 118 valence electrons. The first-order valence-corrected chi connectivity index (χ1v) is 8.16. The number of hydrogen-bond donors (Lipinski definition) is 1. The van der Waals surface area contributed by atoms with E-state index in [1.807, 2.05) is 0 Å². The first-order valence-electron chi connectivity index (χ1n) is 8.16. The summed E-state index contributed by atoms with van der Waals surface area (Å²) in [7, 11) is 0. The Morgan fingerprint density at radius 2 is 1.82 bits per heavy atom. The van der Waals surface area contributed by atoms with Crippen molar-refractivity contribution in [3.05, 3.63) is 35.7 Å². The summed E-state index contributed by atoms with van der Waals surface area (Å²) in [5.41, 5.74) is 2.50. The summed E-state index contributed by atoms with van der Waals surface area (Å²) in [6, 6.07) is 8.47. The van der Waals surface area contributed by atoms with E-state index in [0.29, 0.717) is 11.7 Å². The number of nitrogens with zero attached hydrogens (tertiary/aromatic N) is 2. The third-order valence-corrected chi connectivity index (χ3v) is 4.40. The fraction of sp³-hybridized carbons (Fsp3) is 0.556. The highest BCUT2D eigenvalue weighted by Crippen LogP contribution is 2.25. The monoisotopic (exact) mass is 299 g/mol. The Kier molecular flexibility index (Phi) is 4.30. The third-order valence-electron chi connectivity index (χ3n) is 4.40. The van der Waals surface area contributed by atoms with E-state index >= 15 is 0 Å². The van der Waals surface area contributed by atoms with Crippen LogP contribution in [0.25, 0.3) is 11.4 Å². The molecule has 1 N–H and O–H groups in total. The highest BCUT2D eigenvalue weighted by molar-refractivity contribution is 5.55. The maximum atomic E-state index is 5.44. The second-order valence-electron chi connectivity index (χ2n) is 7.24. The quantitative estimate of drug-likeness (QED) is 0.941. The minimum absolute atomic E-state index is 0.163. The molecule has 0 bridgehead atoms. The van der Waals surface area contributed by atoms with Gasteiger partial charge in [-0.15, -0.1) is 0 Å². The van der Waals surface area contributed by atoms with Gasteiger partial charge in [-0.1, -0.05) is 50.2 Å². The van der Waals surface area contributed by atoms with Crippen LogP contribution in [0.4, 0.5) is 0 Å². The van der Waals surface area contributed by atoms with Crippen molar-refractivity contribution in [2.45, 2.75) is 45.4 Å². The Morgan fingerprint density at radius 1 is 1.14 bits per heavy atom. The normalized spacial score (nSPS) is 16.9. The molecule has 0 radical (unpaired) electrons. The predicted molar refractivity (Wildman–Crippen MR) is 87.7 cm³/mol. The van der Waals surface area contributed by atoms with Gasteiger partial charge in [0.2, 0.25) is 11.7 Å². The van der Waals surface area contributed by atoms with E-state index in [1.165, 1.54) is 18.4 Å². The molecular weight excluding hydrogens is 274 g/mol. The summed E-state index contributed by atoms with van der Waals surface area (Å²) in [6.45, 7) is 8.84. The van der Waals surface area contributed by atoms with Crippen LogP contribution in [0.2, 0.25) is 0 Å². The number of aromatic nitrogens is 2. The smallest absolute Gasteiger partial charge is 0.227 e. The van der Waals surface area contributed by atoms with E-state index < -0.39 is 0 Å². The minimum atomic E-state index is 0.163. The molecule has 0 amide bonds. The molecule has 0 saturated carbocycles. The van der Waals surface area contributed by atoms with E-state index in [2.05, 4.69) is 60.5 Å². The molecule has 22 heavy (non-hydrogen) atoms. The zero-order valence-corrected chi connectivity index (χ0v) is 13.7. The Labute approximate surface area is 132 Å². The van der Waals surface area contributed by atoms with Crippen LogP contribution in [0.1, 0.15) is 45.1 Å². The Bertz CT molecular complexity index is 604. The molecule has 0 spiro atoms. The zero-order valence-electron chi connectivity index (χ0n) is 13.7. The maximum absolute atomic E-state index is 5.44. The van der Waals surface area contributed by atoms with Gasteiger partial charge in [-0.25, -0.2) is 0 Å². The standard InChI is InChI=1S/C18H25N3O/c1-18(2,3)15-6-4-14(5-7-15)17-20-16(22-21-17)12-13-8-10-19-11-9-13/h4-7,13,19H,8-12H2,1-3H3. The average Bonchev–Trinajstić information content (AvgIpc) is 2.96. The number of rotatable bonds is 3. The summed E-state index contributed by atoms with van der Waals surface area (Å²) in [5.74, 6) is 2.13. The average molecular weight is 299 g/mol. The van der Waals surface area contributed by atoms with Crippen LogP contribution < -0.4 is 5.32 Å². The van der Waals surface area contributed by atoms with Gasteiger partial charge < -0.3 is 9.84 Å². The molecule has 2 aromatic rings. The Balaban J connectivity index is 1.70. The van der Waals surface area contributed by atoms with E-state index in [9.17, 15) is 0 Å². The fourth-order valence-electron chi connectivity index (χ4n) is 2.91. The minimum Gasteiger partial charge on any atom is -0.339 e. The molecule has 0 aliphatic carbocycles. The van der Waals surface area contributed by atoms with E-state index in [0.717, 1.165) is 31.0 Å². The zero-order chi connectivity index (χ0) is 15.6. The fourth-order valence-corrected chi connectivity index (χ4v) is 2.91. The number of benzene rings is 1. The maximum Gasteiger partial charge on any atom is 0.227 e. The molecule has 0 atom stereocenters. The molecule has 3 rings (SSSR count). The molecule has 4 nitrogen and oxygen atoms in total. The van der Waals surface area contributed by atoms with Gasteiger partial charge in [0, 0.05) is 12.0 Å². The highest BCUT2D eigenvalue weighted by atomic mass is 16.5. The van der Waals surface area contributed by atoms with Crippen LogP contribution in [-0.4, -0.2) is 23.2 Å². The second kappa shape index (κ2) is 6.21. The lowest BCUT2D eigenvalue weighted by Gasteiger charge is -2.20. The molecule has 0 unspecified atom stereocenters. The van der Waals surface area contributed by atoms with Gasteiger partial charge in [0.05, 0.1) is 0 Å². The molecule has 1 saturated heterocycles. The van der Waals surface area contributed by atoms with Crippen molar-refractivity contribution >= 4 is 0 Å². The summed E-state index contributed by atoms with van der Waals surface area (Å²) < 4.78 is 5.44. The van der Waals surface area contributed by atoms with Gasteiger partial charge in [-0.2, -0.15) is 4.98 Å². The number of nitrogens with one attached hydrogen (secondary N) is 1. The molecule has 1 aromatic carbocycles. The van der Waals surface area contributed by atoms with Gasteiger partial charge in [0.1, 0.15) is 0 Å². The van der Waals surface area contributed by atoms with Crippen molar-refractivity contribution in [3.63, 3.8) is 0 Å². The van der Waals surface area contributed by atoms with Crippen molar-refractivity contribution in [1.82, 2.24) is 15.5 Å². The van der Waals surface area contributed by atoms with Crippen molar-refractivity contribution in [3.8, 4) is 11.4 Å². The predicted octanol–water partition coefficient (Wildman–Crippen LogP) is 3.58. The van der Waals surface area contributed by atoms with Crippen molar-refractivity contribution in [1.29, 1.82) is 0 Å². The lowest BCUT2D eigenvalue weighted by molar-refractivity contribution is 0.313.